The molecule has 0 amide bonds. The average Bonchev–Trinajstić information content (AvgIpc) is 2.56. The first-order valence-corrected chi connectivity index (χ1v) is 4.50. The Labute approximate surface area is 85.9 Å². The van der Waals surface area contributed by atoms with Crippen molar-refractivity contribution in [3.63, 3.8) is 0 Å². The van der Waals surface area contributed by atoms with Crippen LogP contribution in [0.5, 0.6) is 0 Å². The van der Waals surface area contributed by atoms with Gasteiger partial charge in [0.25, 0.3) is 0 Å². The predicted octanol–water partition coefficient (Wildman–Crippen LogP) is 4.25. The molecule has 0 aliphatic carbocycles. The molecule has 0 saturated heterocycles. The summed E-state index contributed by atoms with van der Waals surface area (Å²) in [5, 5.41) is 1.27. The minimum Gasteiger partial charge on any atom is -0.472 e. The first kappa shape index (κ1) is 8.67. The van der Waals surface area contributed by atoms with Gasteiger partial charge in [0, 0.05) is 21.2 Å². The molecule has 0 bridgehead atoms. The van der Waals surface area contributed by atoms with Crippen molar-refractivity contribution in [1.82, 2.24) is 0 Å². The molecule has 0 radical (unpaired) electrons. The molecule has 13 heavy (non-hydrogen) atoms. The number of halogens is 2. The lowest BCUT2D eigenvalue weighted by Gasteiger charge is -2.00. The van der Waals surface area contributed by atoms with E-state index in [4.69, 9.17) is 27.6 Å². The molecule has 2 aromatic rings. The third kappa shape index (κ3) is 1.71. The highest BCUT2D eigenvalue weighted by Crippen LogP contribution is 2.30. The maximum absolute atomic E-state index is 5.99. The molecular formula is C10H6Cl2O. The second-order valence-electron chi connectivity index (χ2n) is 2.64. The van der Waals surface area contributed by atoms with Gasteiger partial charge in [0.05, 0.1) is 12.5 Å². The largest absolute Gasteiger partial charge is 0.472 e. The standard InChI is InChI=1S/C10H6Cl2O/c11-8-1-2-9(10(12)5-8)7-3-4-13-6-7/h1-6H. The molecule has 2 rings (SSSR count). The molecular weight excluding hydrogens is 207 g/mol. The van der Waals surface area contributed by atoms with Crippen LogP contribution in [0.1, 0.15) is 0 Å². The van der Waals surface area contributed by atoms with Crippen molar-refractivity contribution in [2.24, 2.45) is 0 Å². The van der Waals surface area contributed by atoms with E-state index in [9.17, 15) is 0 Å². The van der Waals surface area contributed by atoms with Crippen LogP contribution in [0.15, 0.2) is 41.2 Å². The minimum atomic E-state index is 0.633. The second kappa shape index (κ2) is 3.44. The quantitative estimate of drug-likeness (QED) is 0.689. The molecule has 66 valence electrons. The Balaban J connectivity index is 2.53. The fourth-order valence-corrected chi connectivity index (χ4v) is 1.66. The summed E-state index contributed by atoms with van der Waals surface area (Å²) in [5.74, 6) is 0. The van der Waals surface area contributed by atoms with Gasteiger partial charge in [-0.25, -0.2) is 0 Å². The molecule has 1 nitrogen and oxygen atoms in total. The number of hydrogen-bond donors (Lipinski definition) is 0. The maximum atomic E-state index is 5.99. The van der Waals surface area contributed by atoms with Gasteiger partial charge < -0.3 is 4.42 Å². The summed E-state index contributed by atoms with van der Waals surface area (Å²) in [7, 11) is 0. The molecule has 1 aromatic heterocycles. The summed E-state index contributed by atoms with van der Waals surface area (Å²) in [5.41, 5.74) is 1.89. The molecule has 0 fully saturated rings. The zero-order valence-corrected chi connectivity index (χ0v) is 8.14. The van der Waals surface area contributed by atoms with E-state index in [1.54, 1.807) is 24.7 Å². The van der Waals surface area contributed by atoms with E-state index in [1.807, 2.05) is 12.1 Å². The lowest BCUT2D eigenvalue weighted by molar-refractivity contribution is 0.568. The smallest absolute Gasteiger partial charge is 0.0981 e. The Morgan fingerprint density at radius 2 is 1.92 bits per heavy atom. The molecule has 0 saturated carbocycles. The van der Waals surface area contributed by atoms with E-state index in [0.717, 1.165) is 11.1 Å². The summed E-state index contributed by atoms with van der Waals surface area (Å²) in [6.07, 6.45) is 3.26. The summed E-state index contributed by atoms with van der Waals surface area (Å²) >= 11 is 11.8. The van der Waals surface area contributed by atoms with Gasteiger partial charge in [-0.15, -0.1) is 0 Å². The summed E-state index contributed by atoms with van der Waals surface area (Å²) in [6, 6.07) is 7.24. The lowest BCUT2D eigenvalue weighted by Crippen LogP contribution is -1.75. The number of rotatable bonds is 1. The molecule has 0 aliphatic heterocycles. The Morgan fingerprint density at radius 3 is 2.54 bits per heavy atom. The van der Waals surface area contributed by atoms with Crippen LogP contribution in [0, 0.1) is 0 Å². The zero-order valence-electron chi connectivity index (χ0n) is 6.63. The number of benzene rings is 1. The van der Waals surface area contributed by atoms with Crippen molar-refractivity contribution in [1.29, 1.82) is 0 Å². The molecule has 0 unspecified atom stereocenters. The van der Waals surface area contributed by atoms with Crippen LogP contribution in [0.4, 0.5) is 0 Å². The first-order chi connectivity index (χ1) is 6.27. The van der Waals surface area contributed by atoms with E-state index >= 15 is 0 Å². The van der Waals surface area contributed by atoms with Crippen LogP contribution < -0.4 is 0 Å². The van der Waals surface area contributed by atoms with Gasteiger partial charge in [0.2, 0.25) is 0 Å². The van der Waals surface area contributed by atoms with Gasteiger partial charge >= 0.3 is 0 Å². The highest BCUT2D eigenvalue weighted by molar-refractivity contribution is 6.36. The molecule has 1 heterocycles. The second-order valence-corrected chi connectivity index (χ2v) is 3.48. The van der Waals surface area contributed by atoms with Crippen LogP contribution >= 0.6 is 23.2 Å². The minimum absolute atomic E-state index is 0.633. The predicted molar refractivity (Wildman–Crippen MR) is 54.2 cm³/mol. The topological polar surface area (TPSA) is 13.1 Å². The van der Waals surface area contributed by atoms with Gasteiger partial charge in [-0.2, -0.15) is 0 Å². The zero-order chi connectivity index (χ0) is 9.26. The fourth-order valence-electron chi connectivity index (χ4n) is 1.14. The molecule has 0 atom stereocenters. The van der Waals surface area contributed by atoms with Crippen molar-refractivity contribution < 1.29 is 4.42 Å². The van der Waals surface area contributed by atoms with Crippen molar-refractivity contribution in [3.05, 3.63) is 46.8 Å². The summed E-state index contributed by atoms with van der Waals surface area (Å²) in [4.78, 5) is 0. The van der Waals surface area contributed by atoms with E-state index < -0.39 is 0 Å². The third-order valence-corrected chi connectivity index (χ3v) is 2.31. The molecule has 1 aromatic carbocycles. The van der Waals surface area contributed by atoms with Crippen LogP contribution in [0.3, 0.4) is 0 Å². The Kier molecular flexibility index (Phi) is 2.30. The molecule has 0 aliphatic rings. The van der Waals surface area contributed by atoms with Crippen LogP contribution in [-0.4, -0.2) is 0 Å². The fraction of sp³-hybridized carbons (Fsp3) is 0. The van der Waals surface area contributed by atoms with Gasteiger partial charge in [-0.05, 0) is 18.2 Å². The SMILES string of the molecule is Clc1ccc(-c2ccoc2)c(Cl)c1. The Morgan fingerprint density at radius 1 is 1.08 bits per heavy atom. The summed E-state index contributed by atoms with van der Waals surface area (Å²) in [6.45, 7) is 0. The van der Waals surface area contributed by atoms with Gasteiger partial charge in [-0.1, -0.05) is 29.3 Å². The molecule has 0 N–H and O–H groups in total. The van der Waals surface area contributed by atoms with E-state index in [-0.39, 0.29) is 0 Å². The highest BCUT2D eigenvalue weighted by atomic mass is 35.5. The third-order valence-electron chi connectivity index (χ3n) is 1.76. The monoisotopic (exact) mass is 212 g/mol. The van der Waals surface area contributed by atoms with Gasteiger partial charge in [-0.3, -0.25) is 0 Å². The average molecular weight is 213 g/mol. The van der Waals surface area contributed by atoms with Crippen molar-refractivity contribution in [2.45, 2.75) is 0 Å². The van der Waals surface area contributed by atoms with E-state index in [0.29, 0.717) is 10.0 Å². The van der Waals surface area contributed by atoms with Crippen LogP contribution in [0.25, 0.3) is 11.1 Å². The van der Waals surface area contributed by atoms with E-state index in [1.165, 1.54) is 0 Å². The van der Waals surface area contributed by atoms with Gasteiger partial charge in [0.1, 0.15) is 0 Å². The van der Waals surface area contributed by atoms with Gasteiger partial charge in [0.15, 0.2) is 0 Å². The van der Waals surface area contributed by atoms with Crippen LogP contribution in [0.2, 0.25) is 10.0 Å². The molecule has 0 spiro atoms. The lowest BCUT2D eigenvalue weighted by atomic mass is 10.1. The first-order valence-electron chi connectivity index (χ1n) is 3.75. The van der Waals surface area contributed by atoms with Crippen molar-refractivity contribution >= 4 is 23.2 Å². The summed E-state index contributed by atoms with van der Waals surface area (Å²) < 4.78 is 4.96. The highest BCUT2D eigenvalue weighted by Gasteiger charge is 2.04. The Hall–Kier alpha value is -0.920. The van der Waals surface area contributed by atoms with Crippen LogP contribution in [-0.2, 0) is 0 Å². The maximum Gasteiger partial charge on any atom is 0.0981 e. The number of furan rings is 1. The normalized spacial score (nSPS) is 10.3. The van der Waals surface area contributed by atoms with E-state index in [2.05, 4.69) is 0 Å². The van der Waals surface area contributed by atoms with Crippen molar-refractivity contribution in [3.8, 4) is 11.1 Å². The number of hydrogen-bond acceptors (Lipinski definition) is 1. The molecule has 3 heteroatoms. The Bertz CT molecular complexity index is 407. The van der Waals surface area contributed by atoms with Crippen molar-refractivity contribution in [2.75, 3.05) is 0 Å².